The third-order valence-electron chi connectivity index (χ3n) is 12.9. The van der Waals surface area contributed by atoms with Gasteiger partial charge in [-0.2, -0.15) is 0 Å². The summed E-state index contributed by atoms with van der Waals surface area (Å²) in [6.45, 7) is 0. The first-order chi connectivity index (χ1) is 32.7. The number of nitrogens with zero attached hydrogens (tertiary/aromatic N) is 1. The van der Waals surface area contributed by atoms with Gasteiger partial charge in [0.2, 0.25) is 0 Å². The maximum Gasteiger partial charge on any atom is 0.135 e. The van der Waals surface area contributed by atoms with Crippen molar-refractivity contribution >= 4 is 49.6 Å². The van der Waals surface area contributed by atoms with Gasteiger partial charge in [-0.25, -0.2) is 0 Å². The van der Waals surface area contributed by atoms with Crippen molar-refractivity contribution in [2.24, 2.45) is 0 Å². The summed E-state index contributed by atoms with van der Waals surface area (Å²) in [6.07, 6.45) is 0. The molecule has 11 aromatic carbocycles. The van der Waals surface area contributed by atoms with Gasteiger partial charge in [0.15, 0.2) is 0 Å². The summed E-state index contributed by atoms with van der Waals surface area (Å²) in [7, 11) is 0. The Balaban J connectivity index is 0.884. The van der Waals surface area contributed by atoms with Crippen LogP contribution in [0.5, 0.6) is 0 Å². The summed E-state index contributed by atoms with van der Waals surface area (Å²) >= 11 is 0. The number of para-hydroxylation sites is 1. The normalized spacial score (nSPS) is 11.3. The van der Waals surface area contributed by atoms with Gasteiger partial charge >= 0.3 is 0 Å². The molecule has 12 rings (SSSR count). The minimum Gasteiger partial charge on any atom is -0.456 e. The molecular weight excluding hydrogens is 799 g/mol. The molecule has 0 saturated carbocycles. The topological polar surface area (TPSA) is 16.4 Å². The number of anilines is 3. The molecule has 0 unspecified atom stereocenters. The van der Waals surface area contributed by atoms with E-state index >= 15 is 0 Å². The summed E-state index contributed by atoms with van der Waals surface area (Å²) in [6, 6.07) is 93.9. The van der Waals surface area contributed by atoms with E-state index in [2.05, 4.69) is 248 Å². The molecule has 1 heterocycles. The highest BCUT2D eigenvalue weighted by Crippen LogP contribution is 2.42. The average Bonchev–Trinajstić information content (AvgIpc) is 3.84. The largest absolute Gasteiger partial charge is 0.456 e. The molecule has 0 radical (unpaired) electrons. The number of furan rings is 1. The van der Waals surface area contributed by atoms with Crippen molar-refractivity contribution in [3.8, 4) is 67.0 Å². The van der Waals surface area contributed by atoms with Crippen molar-refractivity contribution in [3.05, 3.63) is 261 Å². The Labute approximate surface area is 384 Å². The summed E-state index contributed by atoms with van der Waals surface area (Å²) in [5.41, 5.74) is 17.1. The fourth-order valence-electron chi connectivity index (χ4n) is 9.57. The van der Waals surface area contributed by atoms with Crippen LogP contribution in [0.25, 0.3) is 99.5 Å². The Morgan fingerprint density at radius 3 is 1.39 bits per heavy atom. The third kappa shape index (κ3) is 7.31. The Bertz CT molecular complexity index is 3640. The van der Waals surface area contributed by atoms with Gasteiger partial charge in [-0.3, -0.25) is 0 Å². The lowest BCUT2D eigenvalue weighted by Crippen LogP contribution is -2.09. The first-order valence-corrected chi connectivity index (χ1v) is 22.6. The summed E-state index contributed by atoms with van der Waals surface area (Å²) in [5.74, 6) is 0.878. The molecule has 0 aliphatic carbocycles. The van der Waals surface area contributed by atoms with Crippen LogP contribution in [0.4, 0.5) is 17.1 Å². The standard InChI is InChI=1S/C64H43NO/c1-2-13-47(14-3-1)58-20-7-9-22-61(58)62-23-10-8-21-59(62)49-33-37-55(38-34-49)65(56-39-40-60-51(42-56)30-29-48-15-4-6-19-57(48)60)54-35-31-45(32-36-54)44-25-27-46(28-26-44)50-17-12-18-52(41-50)64-43-53-16-5-11-24-63(53)66-64/h1-43H. The summed E-state index contributed by atoms with van der Waals surface area (Å²) in [4.78, 5) is 2.37. The summed E-state index contributed by atoms with van der Waals surface area (Å²) < 4.78 is 6.19. The lowest BCUT2D eigenvalue weighted by Gasteiger charge is -2.26. The predicted octanol–water partition coefficient (Wildman–Crippen LogP) is 18.2. The van der Waals surface area contributed by atoms with Gasteiger partial charge < -0.3 is 9.32 Å². The molecule has 0 bridgehead atoms. The molecule has 0 aliphatic rings. The van der Waals surface area contributed by atoms with Crippen LogP contribution in [0.3, 0.4) is 0 Å². The molecule has 0 saturated heterocycles. The molecule has 0 amide bonds. The molecule has 12 aromatic rings. The second-order valence-corrected chi connectivity index (χ2v) is 16.9. The molecule has 66 heavy (non-hydrogen) atoms. The molecule has 0 fully saturated rings. The SMILES string of the molecule is c1ccc(-c2ccccc2-c2ccccc2-c2ccc(N(c3ccc(-c4ccc(-c5cccc(-c6cc7ccccc7o6)c5)cc4)cc3)c3ccc4c(ccc5ccccc54)c3)cc2)cc1. The molecule has 310 valence electrons. The lowest BCUT2D eigenvalue weighted by molar-refractivity contribution is 0.631. The maximum absolute atomic E-state index is 6.19. The molecule has 1 aromatic heterocycles. The van der Waals surface area contributed by atoms with Crippen molar-refractivity contribution in [3.63, 3.8) is 0 Å². The van der Waals surface area contributed by atoms with Gasteiger partial charge in [-0.1, -0.05) is 206 Å². The number of benzene rings is 11. The fraction of sp³-hybridized carbons (Fsp3) is 0. The zero-order chi connectivity index (χ0) is 43.8. The van der Waals surface area contributed by atoms with Crippen molar-refractivity contribution in [2.75, 3.05) is 4.90 Å². The van der Waals surface area contributed by atoms with Crippen LogP contribution in [-0.4, -0.2) is 0 Å². The minimum atomic E-state index is 0.878. The van der Waals surface area contributed by atoms with Gasteiger partial charge in [0.25, 0.3) is 0 Å². The van der Waals surface area contributed by atoms with Gasteiger partial charge in [0, 0.05) is 28.0 Å². The lowest BCUT2D eigenvalue weighted by atomic mass is 9.89. The van der Waals surface area contributed by atoms with Crippen molar-refractivity contribution < 1.29 is 4.42 Å². The van der Waals surface area contributed by atoms with Gasteiger partial charge in [0.05, 0.1) is 0 Å². The number of rotatable bonds is 9. The molecular formula is C64H43NO. The molecule has 0 aliphatic heterocycles. The van der Waals surface area contributed by atoms with Crippen LogP contribution >= 0.6 is 0 Å². The molecule has 0 spiro atoms. The Morgan fingerprint density at radius 2 is 0.712 bits per heavy atom. The van der Waals surface area contributed by atoms with Crippen molar-refractivity contribution in [2.45, 2.75) is 0 Å². The Hall–Kier alpha value is -8.72. The minimum absolute atomic E-state index is 0.878. The van der Waals surface area contributed by atoms with E-state index in [1.54, 1.807) is 0 Å². The van der Waals surface area contributed by atoms with E-state index in [9.17, 15) is 0 Å². The predicted molar refractivity (Wildman–Crippen MR) is 279 cm³/mol. The fourth-order valence-corrected chi connectivity index (χ4v) is 9.57. The summed E-state index contributed by atoms with van der Waals surface area (Å²) in [5, 5.41) is 6.08. The highest BCUT2D eigenvalue weighted by Gasteiger charge is 2.17. The van der Waals surface area contributed by atoms with E-state index in [0.717, 1.165) is 56.0 Å². The number of fused-ring (bicyclic) bond motifs is 4. The van der Waals surface area contributed by atoms with Gasteiger partial charge in [-0.05, 0) is 132 Å². The van der Waals surface area contributed by atoms with Crippen LogP contribution in [0.1, 0.15) is 0 Å². The van der Waals surface area contributed by atoms with Crippen LogP contribution in [-0.2, 0) is 0 Å². The monoisotopic (exact) mass is 841 g/mol. The van der Waals surface area contributed by atoms with E-state index in [1.165, 1.54) is 60.5 Å². The van der Waals surface area contributed by atoms with Gasteiger partial charge in [0.1, 0.15) is 11.3 Å². The van der Waals surface area contributed by atoms with Crippen LogP contribution in [0, 0.1) is 0 Å². The van der Waals surface area contributed by atoms with E-state index in [0.29, 0.717) is 0 Å². The van der Waals surface area contributed by atoms with Crippen molar-refractivity contribution in [1.82, 2.24) is 0 Å². The molecule has 0 N–H and O–H groups in total. The van der Waals surface area contributed by atoms with Crippen LogP contribution in [0.15, 0.2) is 265 Å². The van der Waals surface area contributed by atoms with Crippen molar-refractivity contribution in [1.29, 1.82) is 0 Å². The van der Waals surface area contributed by atoms with Gasteiger partial charge in [-0.15, -0.1) is 0 Å². The Morgan fingerprint density at radius 1 is 0.242 bits per heavy atom. The molecule has 2 heteroatoms. The van der Waals surface area contributed by atoms with Crippen LogP contribution in [0.2, 0.25) is 0 Å². The second-order valence-electron chi connectivity index (χ2n) is 16.9. The first kappa shape index (κ1) is 38.9. The second kappa shape index (κ2) is 16.8. The third-order valence-corrected chi connectivity index (χ3v) is 12.9. The Kier molecular flexibility index (Phi) is 9.89. The van der Waals surface area contributed by atoms with E-state index in [4.69, 9.17) is 4.42 Å². The highest BCUT2D eigenvalue weighted by molar-refractivity contribution is 6.08. The molecule has 2 nitrogen and oxygen atoms in total. The number of hydrogen-bond acceptors (Lipinski definition) is 2. The van der Waals surface area contributed by atoms with E-state index in [-0.39, 0.29) is 0 Å². The zero-order valence-electron chi connectivity index (χ0n) is 36.2. The molecule has 0 atom stereocenters. The number of hydrogen-bond donors (Lipinski definition) is 0. The maximum atomic E-state index is 6.19. The first-order valence-electron chi connectivity index (χ1n) is 22.6. The quantitative estimate of drug-likeness (QED) is 0.135. The highest BCUT2D eigenvalue weighted by atomic mass is 16.3. The van der Waals surface area contributed by atoms with E-state index < -0.39 is 0 Å². The van der Waals surface area contributed by atoms with E-state index in [1.807, 2.05) is 18.2 Å². The van der Waals surface area contributed by atoms with Crippen LogP contribution < -0.4 is 4.90 Å². The smallest absolute Gasteiger partial charge is 0.135 e. The average molecular weight is 842 g/mol. The zero-order valence-corrected chi connectivity index (χ0v) is 36.2.